The highest BCUT2D eigenvalue weighted by Gasteiger charge is 2.41. The molecule has 10 heteroatoms. The van der Waals surface area contributed by atoms with Crippen LogP contribution in [-0.2, 0) is 33.4 Å². The number of Topliss-reactive ketones (excluding diaryl/α,β-unsaturated/α-hetero) is 2. The molecule has 0 spiro atoms. The molecular formula is C47H73NO9. The SMILES string of the molecule is CO[C@H]1CC2CCCC(O2)C(=O)C(=O)N2CCCC[C@H]2C(=O)O[C@H](CC[C@H]2CC[C@H](O)CC2)CC[C@H](C)/C=C(\C)[C@@H](O)CC(=O)[C@H](C)C[C@H](C)/C=C/C=C/C=C/1C. The van der Waals surface area contributed by atoms with Crippen molar-refractivity contribution in [2.45, 2.75) is 186 Å². The molecule has 2 N–H and O–H groups in total. The van der Waals surface area contributed by atoms with Crippen molar-refractivity contribution in [3.63, 3.8) is 0 Å². The molecule has 9 atom stereocenters. The van der Waals surface area contributed by atoms with E-state index in [4.69, 9.17) is 14.2 Å². The number of cyclic esters (lactones) is 1. The van der Waals surface area contributed by atoms with E-state index in [2.05, 4.69) is 19.9 Å². The standard InChI is InChI=1S/C47H73NO9/c1-31-13-8-7-9-14-33(3)44(55-6)29-39-15-12-17-43(56-39)45(52)46(53)48-26-11-10-16-40(48)47(54)57-38(25-21-36-19-22-37(49)23-20-36)24-18-32(2)28-35(5)42(51)30-41(50)34(4)27-31/h7-9,13-14,28,31-32,34,36-40,42-44,49,51H,10-12,15-27,29-30H2,1-6H3/b9-7+,13-8+,33-14+,35-28+/t31-,32+,34-,36-,37-,38+,39?,40+,42+,43?,44+/m1/s1. The van der Waals surface area contributed by atoms with Crippen molar-refractivity contribution in [3.8, 4) is 0 Å². The molecule has 3 heterocycles. The average Bonchev–Trinajstić information content (AvgIpc) is 3.20. The number of esters is 1. The minimum Gasteiger partial charge on any atom is -0.461 e. The van der Waals surface area contributed by atoms with Gasteiger partial charge in [-0.15, -0.1) is 0 Å². The van der Waals surface area contributed by atoms with Crippen LogP contribution in [0.4, 0.5) is 0 Å². The van der Waals surface area contributed by atoms with E-state index in [-0.39, 0.29) is 54.4 Å². The monoisotopic (exact) mass is 796 g/mol. The molecule has 3 aliphatic heterocycles. The van der Waals surface area contributed by atoms with Gasteiger partial charge in [-0.2, -0.15) is 0 Å². The van der Waals surface area contributed by atoms with Crippen molar-refractivity contribution in [3.05, 3.63) is 47.6 Å². The summed E-state index contributed by atoms with van der Waals surface area (Å²) in [5.74, 6) is -1.18. The third-order valence-corrected chi connectivity index (χ3v) is 12.9. The number of ketones is 2. The number of rotatable bonds is 4. The number of hydrogen-bond donors (Lipinski definition) is 2. The summed E-state index contributed by atoms with van der Waals surface area (Å²) in [4.78, 5) is 56.3. The predicted octanol–water partition coefficient (Wildman–Crippen LogP) is 7.94. The van der Waals surface area contributed by atoms with Crippen LogP contribution >= 0.6 is 0 Å². The van der Waals surface area contributed by atoms with E-state index in [9.17, 15) is 29.4 Å². The molecule has 1 saturated carbocycles. The van der Waals surface area contributed by atoms with Gasteiger partial charge in [-0.25, -0.2) is 4.79 Å². The van der Waals surface area contributed by atoms with Gasteiger partial charge >= 0.3 is 5.97 Å². The first kappa shape index (κ1) is 46.8. The number of amides is 1. The Morgan fingerprint density at radius 1 is 0.789 bits per heavy atom. The summed E-state index contributed by atoms with van der Waals surface area (Å²) in [5.41, 5.74) is 1.77. The summed E-state index contributed by atoms with van der Waals surface area (Å²) in [6, 6.07) is -0.829. The van der Waals surface area contributed by atoms with Gasteiger partial charge in [-0.3, -0.25) is 14.4 Å². The lowest BCUT2D eigenvalue weighted by molar-refractivity contribution is -0.167. The minimum atomic E-state index is -0.865. The highest BCUT2D eigenvalue weighted by atomic mass is 16.5. The largest absolute Gasteiger partial charge is 0.461 e. The molecule has 2 bridgehead atoms. The molecule has 1 aliphatic carbocycles. The van der Waals surface area contributed by atoms with E-state index in [0.717, 1.165) is 62.5 Å². The second-order valence-corrected chi connectivity index (χ2v) is 17.8. The second kappa shape index (κ2) is 23.6. The Kier molecular flexibility index (Phi) is 19.4. The summed E-state index contributed by atoms with van der Waals surface area (Å²) in [7, 11) is 1.66. The Morgan fingerprint density at radius 3 is 2.28 bits per heavy atom. The fourth-order valence-electron chi connectivity index (χ4n) is 9.08. The zero-order valence-electron chi connectivity index (χ0n) is 35.7. The van der Waals surface area contributed by atoms with Gasteiger partial charge in [0, 0.05) is 32.4 Å². The smallest absolute Gasteiger partial charge is 0.329 e. The summed E-state index contributed by atoms with van der Waals surface area (Å²) < 4.78 is 18.4. The first-order valence-corrected chi connectivity index (χ1v) is 22.1. The van der Waals surface area contributed by atoms with Crippen LogP contribution in [-0.4, -0.2) is 94.9 Å². The van der Waals surface area contributed by atoms with Crippen LogP contribution < -0.4 is 0 Å². The number of allylic oxidation sites excluding steroid dienone is 6. The van der Waals surface area contributed by atoms with Crippen LogP contribution in [0.5, 0.6) is 0 Å². The van der Waals surface area contributed by atoms with E-state index < -0.39 is 35.9 Å². The molecule has 1 amide bonds. The number of ether oxygens (including phenoxy) is 3. The van der Waals surface area contributed by atoms with E-state index >= 15 is 0 Å². The van der Waals surface area contributed by atoms with E-state index in [1.54, 1.807) is 7.11 Å². The molecule has 320 valence electrons. The zero-order chi connectivity index (χ0) is 41.5. The van der Waals surface area contributed by atoms with E-state index in [0.29, 0.717) is 63.8 Å². The number of aliphatic hydroxyl groups excluding tert-OH is 2. The summed E-state index contributed by atoms with van der Waals surface area (Å²) in [6.45, 7) is 10.3. The Hall–Kier alpha value is -2.92. The van der Waals surface area contributed by atoms with Gasteiger partial charge in [0.15, 0.2) is 0 Å². The molecular weight excluding hydrogens is 723 g/mol. The third kappa shape index (κ3) is 15.0. The molecule has 57 heavy (non-hydrogen) atoms. The topological polar surface area (TPSA) is 140 Å². The Balaban J connectivity index is 1.55. The van der Waals surface area contributed by atoms with Crippen molar-refractivity contribution in [2.24, 2.45) is 23.7 Å². The number of carbonyl (C=O) groups excluding carboxylic acids is 4. The molecule has 0 aromatic carbocycles. The molecule has 4 rings (SSSR count). The molecule has 2 saturated heterocycles. The van der Waals surface area contributed by atoms with Crippen molar-refractivity contribution in [2.75, 3.05) is 13.7 Å². The van der Waals surface area contributed by atoms with Crippen molar-refractivity contribution < 1.29 is 43.6 Å². The number of nitrogens with zero attached hydrogens (tertiary/aromatic N) is 1. The van der Waals surface area contributed by atoms with Crippen molar-refractivity contribution >= 4 is 23.4 Å². The predicted molar refractivity (Wildman–Crippen MR) is 222 cm³/mol. The maximum absolute atomic E-state index is 14.0. The van der Waals surface area contributed by atoms with Crippen LogP contribution in [0.2, 0.25) is 0 Å². The lowest BCUT2D eigenvalue weighted by Gasteiger charge is -2.36. The van der Waals surface area contributed by atoms with Crippen LogP contribution in [0.25, 0.3) is 0 Å². The van der Waals surface area contributed by atoms with Gasteiger partial charge in [0.2, 0.25) is 5.78 Å². The maximum Gasteiger partial charge on any atom is 0.329 e. The molecule has 0 aromatic rings. The van der Waals surface area contributed by atoms with Gasteiger partial charge < -0.3 is 29.3 Å². The Bertz CT molecular complexity index is 1440. The first-order valence-electron chi connectivity index (χ1n) is 22.1. The number of aliphatic hydroxyl groups is 2. The van der Waals surface area contributed by atoms with Crippen LogP contribution in [0.3, 0.4) is 0 Å². The molecule has 2 unspecified atom stereocenters. The number of methoxy groups -OCH3 is 1. The minimum absolute atomic E-state index is 0.0410. The molecule has 4 aliphatic rings. The number of piperidine rings is 1. The summed E-state index contributed by atoms with van der Waals surface area (Å²) in [6.07, 6.45) is 20.7. The average molecular weight is 796 g/mol. The normalized spacial score (nSPS) is 38.5. The third-order valence-electron chi connectivity index (χ3n) is 12.9. The van der Waals surface area contributed by atoms with Crippen molar-refractivity contribution in [1.82, 2.24) is 4.90 Å². The lowest BCUT2D eigenvalue weighted by atomic mass is 9.83. The van der Waals surface area contributed by atoms with Crippen molar-refractivity contribution in [1.29, 1.82) is 0 Å². The highest BCUT2D eigenvalue weighted by Crippen LogP contribution is 2.31. The van der Waals surface area contributed by atoms with E-state index in [1.165, 1.54) is 4.90 Å². The van der Waals surface area contributed by atoms with Crippen LogP contribution in [0.1, 0.15) is 144 Å². The van der Waals surface area contributed by atoms with Gasteiger partial charge in [0.25, 0.3) is 5.91 Å². The molecule has 0 radical (unpaired) electrons. The van der Waals surface area contributed by atoms with E-state index in [1.807, 2.05) is 51.2 Å². The van der Waals surface area contributed by atoms with Crippen LogP contribution in [0.15, 0.2) is 47.6 Å². The van der Waals surface area contributed by atoms with Gasteiger partial charge in [-0.05, 0) is 139 Å². The second-order valence-electron chi connectivity index (χ2n) is 17.8. The van der Waals surface area contributed by atoms with Crippen LogP contribution in [0, 0.1) is 23.7 Å². The van der Waals surface area contributed by atoms with Gasteiger partial charge in [0.05, 0.1) is 24.4 Å². The maximum atomic E-state index is 14.0. The number of carbonyl (C=O) groups is 4. The number of hydrogen-bond acceptors (Lipinski definition) is 9. The highest BCUT2D eigenvalue weighted by molar-refractivity contribution is 6.38. The zero-order valence-corrected chi connectivity index (χ0v) is 35.7. The Morgan fingerprint density at radius 2 is 1.54 bits per heavy atom. The molecule has 0 aromatic heterocycles. The summed E-state index contributed by atoms with van der Waals surface area (Å²) in [5, 5.41) is 21.1. The van der Waals surface area contributed by atoms with Gasteiger partial charge in [-0.1, -0.05) is 57.2 Å². The number of fused-ring (bicyclic) bond motifs is 3. The first-order chi connectivity index (χ1) is 27.2. The fraction of sp³-hybridized carbons (Fsp3) is 0.745. The Labute approximate surface area is 342 Å². The van der Waals surface area contributed by atoms with Gasteiger partial charge in [0.1, 0.15) is 24.0 Å². The molecule has 10 nitrogen and oxygen atoms in total. The molecule has 3 fully saturated rings. The quantitative estimate of drug-likeness (QED) is 0.165. The lowest BCUT2D eigenvalue weighted by Crippen LogP contribution is -2.54. The fourth-order valence-corrected chi connectivity index (χ4v) is 9.08. The summed E-state index contributed by atoms with van der Waals surface area (Å²) >= 11 is 0.